The smallest absolute Gasteiger partial charge is 0.0169 e. The lowest BCUT2D eigenvalue weighted by molar-refractivity contribution is 0.131. The van der Waals surface area contributed by atoms with Gasteiger partial charge < -0.3 is 0 Å². The van der Waals surface area contributed by atoms with Crippen molar-refractivity contribution in [2.24, 2.45) is 23.7 Å². The first-order valence-corrected chi connectivity index (χ1v) is 6.44. The Hall–Kier alpha value is -0.520. The summed E-state index contributed by atoms with van der Waals surface area (Å²) in [4.78, 5) is 0. The highest BCUT2D eigenvalue weighted by Crippen LogP contribution is 2.49. The van der Waals surface area contributed by atoms with Crippen molar-refractivity contribution in [3.8, 4) is 0 Å². The topological polar surface area (TPSA) is 0 Å². The van der Waals surface area contributed by atoms with Crippen molar-refractivity contribution in [2.75, 3.05) is 0 Å². The zero-order valence-corrected chi connectivity index (χ0v) is 10.3. The van der Waals surface area contributed by atoms with Gasteiger partial charge in [0.2, 0.25) is 0 Å². The van der Waals surface area contributed by atoms with Gasteiger partial charge in [-0.05, 0) is 55.8 Å². The average Bonchev–Trinajstić information content (AvgIpc) is 2.17. The Morgan fingerprint density at radius 1 is 1.13 bits per heavy atom. The Labute approximate surface area is 94.5 Å². The molecule has 15 heavy (non-hydrogen) atoms. The minimum atomic E-state index is 0.816. The van der Waals surface area contributed by atoms with Crippen LogP contribution >= 0.6 is 0 Å². The minimum Gasteiger partial charge on any atom is -0.0999 e. The van der Waals surface area contributed by atoms with Crippen molar-refractivity contribution in [1.82, 2.24) is 0 Å². The van der Waals surface area contributed by atoms with Crippen molar-refractivity contribution in [3.05, 3.63) is 24.3 Å². The predicted molar refractivity (Wildman–Crippen MR) is 66.7 cm³/mol. The molecule has 0 aromatic carbocycles. The van der Waals surface area contributed by atoms with Gasteiger partial charge in [0.1, 0.15) is 0 Å². The predicted octanol–water partition coefficient (Wildman–Crippen LogP) is 4.58. The van der Waals surface area contributed by atoms with Crippen LogP contribution in [0.5, 0.6) is 0 Å². The van der Waals surface area contributed by atoms with Crippen molar-refractivity contribution in [3.63, 3.8) is 0 Å². The van der Waals surface area contributed by atoms with Crippen LogP contribution in [-0.2, 0) is 0 Å². The fraction of sp³-hybridized carbons (Fsp3) is 0.733. The van der Waals surface area contributed by atoms with E-state index in [1.165, 1.54) is 43.3 Å². The summed E-state index contributed by atoms with van der Waals surface area (Å²) in [5.74, 6) is 3.43. The van der Waals surface area contributed by atoms with Crippen LogP contribution in [0.25, 0.3) is 0 Å². The Bertz CT molecular complexity index is 272. The number of fused-ring (bicyclic) bond motifs is 1. The second-order valence-electron chi connectivity index (χ2n) is 5.87. The van der Waals surface area contributed by atoms with Gasteiger partial charge in [-0.25, -0.2) is 0 Å². The van der Waals surface area contributed by atoms with Gasteiger partial charge in [0.25, 0.3) is 0 Å². The second-order valence-corrected chi connectivity index (χ2v) is 5.87. The summed E-state index contributed by atoms with van der Waals surface area (Å²) in [7, 11) is 0. The summed E-state index contributed by atoms with van der Waals surface area (Å²) in [5, 5.41) is 0. The molecule has 0 amide bonds. The van der Waals surface area contributed by atoms with Crippen molar-refractivity contribution in [1.29, 1.82) is 0 Å². The largest absolute Gasteiger partial charge is 0.0999 e. The van der Waals surface area contributed by atoms with Crippen LogP contribution in [0.15, 0.2) is 24.3 Å². The Balaban J connectivity index is 2.17. The van der Waals surface area contributed by atoms with E-state index in [0.717, 1.165) is 23.7 Å². The van der Waals surface area contributed by atoms with Crippen molar-refractivity contribution < 1.29 is 0 Å². The van der Waals surface area contributed by atoms with Gasteiger partial charge in [0.05, 0.1) is 0 Å². The van der Waals surface area contributed by atoms with E-state index in [4.69, 9.17) is 0 Å². The zero-order valence-electron chi connectivity index (χ0n) is 10.3. The molecule has 2 rings (SSSR count). The fourth-order valence-electron chi connectivity index (χ4n) is 3.69. The molecular weight excluding hydrogens is 180 g/mol. The van der Waals surface area contributed by atoms with E-state index in [2.05, 4.69) is 27.0 Å². The summed E-state index contributed by atoms with van der Waals surface area (Å²) in [6.07, 6.45) is 6.48. The molecule has 0 aliphatic heterocycles. The molecule has 84 valence electrons. The van der Waals surface area contributed by atoms with E-state index in [-0.39, 0.29) is 0 Å². The highest BCUT2D eigenvalue weighted by molar-refractivity contribution is 5.15. The molecule has 2 saturated carbocycles. The maximum Gasteiger partial charge on any atom is -0.0169 e. The van der Waals surface area contributed by atoms with Crippen LogP contribution in [-0.4, -0.2) is 0 Å². The maximum absolute atomic E-state index is 4.29. The van der Waals surface area contributed by atoms with Crippen molar-refractivity contribution in [2.45, 2.75) is 46.0 Å². The van der Waals surface area contributed by atoms with Crippen LogP contribution in [0.1, 0.15) is 46.0 Å². The van der Waals surface area contributed by atoms with E-state index in [1.54, 1.807) is 0 Å². The number of allylic oxidation sites excluding steroid dienone is 2. The molecule has 2 fully saturated rings. The Morgan fingerprint density at radius 2 is 1.87 bits per heavy atom. The van der Waals surface area contributed by atoms with Gasteiger partial charge in [-0.3, -0.25) is 0 Å². The molecule has 0 radical (unpaired) electrons. The normalized spacial score (nSPS) is 36.9. The molecule has 0 N–H and O–H groups in total. The molecular formula is C15H24. The summed E-state index contributed by atoms with van der Waals surface area (Å²) >= 11 is 0. The zero-order chi connectivity index (χ0) is 11.0. The molecule has 0 aromatic rings. The third-order valence-corrected chi connectivity index (χ3v) is 4.58. The van der Waals surface area contributed by atoms with Crippen LogP contribution in [0.2, 0.25) is 0 Å². The molecule has 0 nitrogen and oxygen atoms in total. The van der Waals surface area contributed by atoms with Crippen LogP contribution < -0.4 is 0 Å². The molecule has 3 unspecified atom stereocenters. The molecule has 0 bridgehead atoms. The monoisotopic (exact) mass is 204 g/mol. The third kappa shape index (κ3) is 2.04. The first-order chi connectivity index (χ1) is 7.09. The van der Waals surface area contributed by atoms with E-state index < -0.39 is 0 Å². The summed E-state index contributed by atoms with van der Waals surface area (Å²) in [6, 6.07) is 0. The third-order valence-electron chi connectivity index (χ3n) is 4.58. The molecule has 2 aliphatic carbocycles. The standard InChI is InChI=1S/C15H24/c1-10(2)13-8-6-12(4)14-7-5-11(3)9-15(13)14/h10,13-15H,3-9H2,1-2H3. The van der Waals surface area contributed by atoms with Gasteiger partial charge in [-0.15, -0.1) is 0 Å². The molecule has 0 heteroatoms. The number of hydrogen-bond acceptors (Lipinski definition) is 0. The van der Waals surface area contributed by atoms with E-state index in [1.807, 2.05) is 0 Å². The molecule has 0 heterocycles. The summed E-state index contributed by atoms with van der Waals surface area (Å²) < 4.78 is 0. The molecule has 2 aliphatic rings. The molecule has 0 saturated heterocycles. The summed E-state index contributed by atoms with van der Waals surface area (Å²) in [6.45, 7) is 13.2. The minimum absolute atomic E-state index is 0.816. The molecule has 3 atom stereocenters. The quantitative estimate of drug-likeness (QED) is 0.548. The summed E-state index contributed by atoms with van der Waals surface area (Å²) in [5.41, 5.74) is 3.01. The van der Waals surface area contributed by atoms with Crippen LogP contribution in [0, 0.1) is 23.7 Å². The van der Waals surface area contributed by atoms with E-state index in [9.17, 15) is 0 Å². The lowest BCUT2D eigenvalue weighted by atomic mass is 9.60. The lowest BCUT2D eigenvalue weighted by Crippen LogP contribution is -2.35. The Morgan fingerprint density at radius 3 is 2.53 bits per heavy atom. The lowest BCUT2D eigenvalue weighted by Gasteiger charge is -2.45. The van der Waals surface area contributed by atoms with E-state index >= 15 is 0 Å². The van der Waals surface area contributed by atoms with Gasteiger partial charge in [-0.2, -0.15) is 0 Å². The Kier molecular flexibility index (Phi) is 3.04. The van der Waals surface area contributed by atoms with Gasteiger partial charge >= 0.3 is 0 Å². The van der Waals surface area contributed by atoms with Crippen molar-refractivity contribution >= 4 is 0 Å². The van der Waals surface area contributed by atoms with Crippen LogP contribution in [0.3, 0.4) is 0 Å². The average molecular weight is 204 g/mol. The highest BCUT2D eigenvalue weighted by atomic mass is 14.4. The first kappa shape index (κ1) is 11.0. The van der Waals surface area contributed by atoms with Crippen LogP contribution in [0.4, 0.5) is 0 Å². The second kappa shape index (κ2) is 4.15. The maximum atomic E-state index is 4.29. The van der Waals surface area contributed by atoms with Gasteiger partial charge in [0.15, 0.2) is 0 Å². The van der Waals surface area contributed by atoms with E-state index in [0.29, 0.717) is 0 Å². The fourth-order valence-corrected chi connectivity index (χ4v) is 3.69. The highest BCUT2D eigenvalue weighted by Gasteiger charge is 2.38. The SMILES string of the molecule is C=C1CCC2C(=C)CCC(C(C)C)C2C1. The molecule has 0 aromatic heterocycles. The number of rotatable bonds is 1. The van der Waals surface area contributed by atoms with Gasteiger partial charge in [-0.1, -0.05) is 38.2 Å². The molecule has 0 spiro atoms. The van der Waals surface area contributed by atoms with Gasteiger partial charge in [0, 0.05) is 0 Å². The number of hydrogen-bond donors (Lipinski definition) is 0. The first-order valence-electron chi connectivity index (χ1n) is 6.44.